The number of hydrogen-bond donors (Lipinski definition) is 3. The Morgan fingerprint density at radius 3 is 2.70 bits per heavy atom. The first-order chi connectivity index (χ1) is 9.58. The van der Waals surface area contributed by atoms with Crippen LogP contribution in [0.2, 0.25) is 0 Å². The number of aliphatic hydroxyl groups excluding tert-OH is 1. The van der Waals surface area contributed by atoms with Crippen molar-refractivity contribution in [2.24, 2.45) is 0 Å². The Morgan fingerprint density at radius 2 is 2.05 bits per heavy atom. The summed E-state index contributed by atoms with van der Waals surface area (Å²) in [6.45, 7) is 6.91. The zero-order valence-electron chi connectivity index (χ0n) is 12.8. The number of amides is 1. The van der Waals surface area contributed by atoms with Gasteiger partial charge < -0.3 is 15.7 Å². The monoisotopic (exact) mass is 283 g/mol. The van der Waals surface area contributed by atoms with Gasteiger partial charge >= 0.3 is 0 Å². The molecule has 2 saturated heterocycles. The number of likely N-dealkylation sites (tertiary alicyclic amines) is 1. The fourth-order valence-corrected chi connectivity index (χ4v) is 3.56. The summed E-state index contributed by atoms with van der Waals surface area (Å²) in [5.74, 6) is 0.147. The quantitative estimate of drug-likeness (QED) is 0.687. The second-order valence-electron chi connectivity index (χ2n) is 6.37. The molecule has 0 aromatic rings. The number of nitrogens with one attached hydrogen (secondary N) is 2. The van der Waals surface area contributed by atoms with E-state index >= 15 is 0 Å². The van der Waals surface area contributed by atoms with Crippen molar-refractivity contribution in [1.82, 2.24) is 15.5 Å². The van der Waals surface area contributed by atoms with Gasteiger partial charge in [0, 0.05) is 12.1 Å². The number of piperidine rings is 1. The lowest BCUT2D eigenvalue weighted by molar-refractivity contribution is -0.127. The van der Waals surface area contributed by atoms with Gasteiger partial charge in [0.15, 0.2) is 0 Å². The van der Waals surface area contributed by atoms with E-state index in [1.165, 1.54) is 0 Å². The highest BCUT2D eigenvalue weighted by Gasteiger charge is 2.35. The zero-order chi connectivity index (χ0) is 14.5. The first-order valence-electron chi connectivity index (χ1n) is 8.03. The summed E-state index contributed by atoms with van der Waals surface area (Å²) in [6, 6.07) is 0.633. The fourth-order valence-electron chi connectivity index (χ4n) is 3.56. The molecule has 1 amide bonds. The summed E-state index contributed by atoms with van der Waals surface area (Å²) >= 11 is 0. The van der Waals surface area contributed by atoms with Crippen molar-refractivity contribution in [1.29, 1.82) is 0 Å². The SMILES string of the molecule is CC(O)CC(C)NC(=O)C1CCCN1C1CCNCC1. The molecule has 0 aliphatic carbocycles. The molecule has 3 atom stereocenters. The van der Waals surface area contributed by atoms with Crippen LogP contribution in [0.15, 0.2) is 0 Å². The summed E-state index contributed by atoms with van der Waals surface area (Å²) in [5, 5.41) is 15.8. The van der Waals surface area contributed by atoms with Crippen LogP contribution in [0.1, 0.15) is 46.0 Å². The lowest BCUT2D eigenvalue weighted by Gasteiger charge is -2.35. The molecule has 3 unspecified atom stereocenters. The largest absolute Gasteiger partial charge is 0.393 e. The van der Waals surface area contributed by atoms with Gasteiger partial charge in [-0.1, -0.05) is 0 Å². The van der Waals surface area contributed by atoms with Gasteiger partial charge in [-0.05, 0) is 65.6 Å². The lowest BCUT2D eigenvalue weighted by atomic mass is 10.0. The average molecular weight is 283 g/mol. The number of hydrogen-bond acceptors (Lipinski definition) is 4. The maximum Gasteiger partial charge on any atom is 0.237 e. The van der Waals surface area contributed by atoms with Crippen LogP contribution >= 0.6 is 0 Å². The molecule has 0 bridgehead atoms. The molecule has 0 saturated carbocycles. The van der Waals surface area contributed by atoms with E-state index in [4.69, 9.17) is 0 Å². The van der Waals surface area contributed by atoms with Crippen molar-refractivity contribution in [2.75, 3.05) is 19.6 Å². The van der Waals surface area contributed by atoms with Crippen LogP contribution in [0.4, 0.5) is 0 Å². The Bertz CT molecular complexity index is 316. The van der Waals surface area contributed by atoms with E-state index in [2.05, 4.69) is 15.5 Å². The molecule has 20 heavy (non-hydrogen) atoms. The summed E-state index contributed by atoms with van der Waals surface area (Å²) in [5.41, 5.74) is 0. The van der Waals surface area contributed by atoms with Crippen LogP contribution in [0.5, 0.6) is 0 Å². The highest BCUT2D eigenvalue weighted by atomic mass is 16.3. The van der Waals surface area contributed by atoms with E-state index in [9.17, 15) is 9.90 Å². The third-order valence-electron chi connectivity index (χ3n) is 4.46. The van der Waals surface area contributed by atoms with Gasteiger partial charge in [-0.25, -0.2) is 0 Å². The Balaban J connectivity index is 1.87. The smallest absolute Gasteiger partial charge is 0.237 e. The molecule has 2 aliphatic heterocycles. The summed E-state index contributed by atoms with van der Waals surface area (Å²) < 4.78 is 0. The van der Waals surface area contributed by atoms with Crippen LogP contribution in [0.3, 0.4) is 0 Å². The van der Waals surface area contributed by atoms with Crippen molar-refractivity contribution in [3.8, 4) is 0 Å². The standard InChI is InChI=1S/C15H29N3O2/c1-11(10-12(2)19)17-15(20)14-4-3-9-18(14)13-5-7-16-8-6-13/h11-14,16,19H,3-10H2,1-2H3,(H,17,20). The second kappa shape index (κ2) is 7.38. The van der Waals surface area contributed by atoms with Gasteiger partial charge in [0.05, 0.1) is 12.1 Å². The first kappa shape index (κ1) is 15.7. The number of carbonyl (C=O) groups is 1. The minimum absolute atomic E-state index is 0.0366. The fraction of sp³-hybridized carbons (Fsp3) is 0.933. The first-order valence-corrected chi connectivity index (χ1v) is 8.03. The van der Waals surface area contributed by atoms with Crippen molar-refractivity contribution >= 4 is 5.91 Å². The highest BCUT2D eigenvalue weighted by Crippen LogP contribution is 2.24. The van der Waals surface area contributed by atoms with Gasteiger partial charge in [-0.15, -0.1) is 0 Å². The van der Waals surface area contributed by atoms with Gasteiger partial charge in [-0.3, -0.25) is 9.69 Å². The van der Waals surface area contributed by atoms with Gasteiger partial charge in [0.2, 0.25) is 5.91 Å². The van der Waals surface area contributed by atoms with Crippen molar-refractivity contribution < 1.29 is 9.90 Å². The van der Waals surface area contributed by atoms with Gasteiger partial charge in [-0.2, -0.15) is 0 Å². The predicted octanol–water partition coefficient (Wildman–Crippen LogP) is 0.478. The van der Waals surface area contributed by atoms with E-state index in [0.29, 0.717) is 12.5 Å². The molecule has 5 heteroatoms. The van der Waals surface area contributed by atoms with E-state index in [0.717, 1.165) is 45.3 Å². The van der Waals surface area contributed by atoms with Crippen molar-refractivity contribution in [3.05, 3.63) is 0 Å². The molecule has 2 fully saturated rings. The summed E-state index contributed by atoms with van der Waals surface area (Å²) in [7, 11) is 0. The highest BCUT2D eigenvalue weighted by molar-refractivity contribution is 5.82. The normalized spacial score (nSPS) is 28.2. The molecule has 0 spiro atoms. The minimum Gasteiger partial charge on any atom is -0.393 e. The van der Waals surface area contributed by atoms with Crippen LogP contribution < -0.4 is 10.6 Å². The van der Waals surface area contributed by atoms with Gasteiger partial charge in [0.25, 0.3) is 0 Å². The third kappa shape index (κ3) is 4.17. The maximum atomic E-state index is 12.4. The minimum atomic E-state index is -0.366. The molecule has 2 heterocycles. The van der Waals surface area contributed by atoms with E-state index in [1.54, 1.807) is 6.92 Å². The topological polar surface area (TPSA) is 64.6 Å². The molecule has 0 radical (unpaired) electrons. The Hall–Kier alpha value is -0.650. The zero-order valence-corrected chi connectivity index (χ0v) is 12.8. The van der Waals surface area contributed by atoms with E-state index < -0.39 is 0 Å². The number of aliphatic hydroxyl groups is 1. The molecule has 0 aromatic heterocycles. The molecular weight excluding hydrogens is 254 g/mol. The van der Waals surface area contributed by atoms with E-state index in [1.807, 2.05) is 6.92 Å². The van der Waals surface area contributed by atoms with Crippen LogP contribution in [0.25, 0.3) is 0 Å². The number of nitrogens with zero attached hydrogens (tertiary/aromatic N) is 1. The molecule has 2 aliphatic rings. The summed E-state index contributed by atoms with van der Waals surface area (Å²) in [6.07, 6.45) is 4.63. The maximum absolute atomic E-state index is 12.4. The third-order valence-corrected chi connectivity index (χ3v) is 4.46. The number of carbonyl (C=O) groups excluding carboxylic acids is 1. The lowest BCUT2D eigenvalue weighted by Crippen LogP contribution is -2.52. The van der Waals surface area contributed by atoms with Crippen LogP contribution in [0, 0.1) is 0 Å². The average Bonchev–Trinajstić information content (AvgIpc) is 2.87. The van der Waals surface area contributed by atoms with Crippen LogP contribution in [-0.4, -0.2) is 59.8 Å². The van der Waals surface area contributed by atoms with Crippen LogP contribution in [-0.2, 0) is 4.79 Å². The summed E-state index contributed by atoms with van der Waals surface area (Å²) in [4.78, 5) is 14.8. The Morgan fingerprint density at radius 1 is 1.35 bits per heavy atom. The second-order valence-corrected chi connectivity index (χ2v) is 6.37. The predicted molar refractivity (Wildman–Crippen MR) is 79.5 cm³/mol. The van der Waals surface area contributed by atoms with E-state index in [-0.39, 0.29) is 24.1 Å². The molecule has 5 nitrogen and oxygen atoms in total. The number of rotatable bonds is 5. The molecule has 2 rings (SSSR count). The Labute approximate surface area is 122 Å². The molecule has 3 N–H and O–H groups in total. The van der Waals surface area contributed by atoms with Gasteiger partial charge in [0.1, 0.15) is 0 Å². The van der Waals surface area contributed by atoms with Crippen molar-refractivity contribution in [2.45, 2.75) is 70.2 Å². The molecular formula is C15H29N3O2. The molecule has 116 valence electrons. The Kier molecular flexibility index (Phi) is 5.81. The molecule has 0 aromatic carbocycles. The van der Waals surface area contributed by atoms with Crippen molar-refractivity contribution in [3.63, 3.8) is 0 Å².